The molecular formula is C16H23N3O2. The summed E-state index contributed by atoms with van der Waals surface area (Å²) in [6, 6.07) is 5.53. The smallest absolute Gasteiger partial charge is 0.256 e. The maximum absolute atomic E-state index is 12.0. The van der Waals surface area contributed by atoms with Crippen molar-refractivity contribution in [3.05, 3.63) is 29.8 Å². The van der Waals surface area contributed by atoms with Crippen molar-refractivity contribution in [1.82, 2.24) is 5.43 Å². The van der Waals surface area contributed by atoms with Crippen LogP contribution in [0, 0.1) is 0 Å². The van der Waals surface area contributed by atoms with Gasteiger partial charge >= 0.3 is 0 Å². The lowest BCUT2D eigenvalue weighted by atomic mass is 9.87. The van der Waals surface area contributed by atoms with Crippen LogP contribution in [0.5, 0.6) is 5.75 Å². The van der Waals surface area contributed by atoms with Gasteiger partial charge in [0.25, 0.3) is 5.91 Å². The summed E-state index contributed by atoms with van der Waals surface area (Å²) in [4.78, 5) is 14.1. The number of carbonyl (C=O) groups is 1. The van der Waals surface area contributed by atoms with Gasteiger partial charge in [0.05, 0.1) is 12.6 Å². The molecule has 5 heteroatoms. The first-order valence-electron chi connectivity index (χ1n) is 6.99. The maximum atomic E-state index is 12.0. The standard InChI is InChI=1S/C16H23N3O2/c1-10-9-16(3,4)19(11(2)15(20)18-17)14-7-6-12(21-5)8-13(10)14/h6-9,11H,17H2,1-5H3,(H,18,20). The van der Waals surface area contributed by atoms with Gasteiger partial charge in [0.1, 0.15) is 11.8 Å². The molecule has 1 unspecified atom stereocenters. The van der Waals surface area contributed by atoms with Crippen molar-refractivity contribution in [1.29, 1.82) is 0 Å². The van der Waals surface area contributed by atoms with Gasteiger partial charge in [-0.15, -0.1) is 0 Å². The Morgan fingerprint density at radius 1 is 1.43 bits per heavy atom. The Hall–Kier alpha value is -2.01. The number of nitrogens with two attached hydrogens (primary N) is 1. The lowest BCUT2D eigenvalue weighted by Crippen LogP contribution is -2.56. The second-order valence-corrected chi connectivity index (χ2v) is 5.92. The van der Waals surface area contributed by atoms with Crippen LogP contribution >= 0.6 is 0 Å². The topological polar surface area (TPSA) is 67.6 Å². The normalized spacial score (nSPS) is 17.6. The van der Waals surface area contributed by atoms with Crippen LogP contribution in [-0.2, 0) is 4.79 Å². The van der Waals surface area contributed by atoms with Gasteiger partial charge in [-0.2, -0.15) is 0 Å². The van der Waals surface area contributed by atoms with Crippen LogP contribution in [0.4, 0.5) is 5.69 Å². The molecular weight excluding hydrogens is 266 g/mol. The minimum atomic E-state index is -0.374. The third-order valence-corrected chi connectivity index (χ3v) is 3.99. The van der Waals surface area contributed by atoms with E-state index >= 15 is 0 Å². The Bertz CT molecular complexity index is 593. The molecule has 0 radical (unpaired) electrons. The zero-order valence-electron chi connectivity index (χ0n) is 13.2. The van der Waals surface area contributed by atoms with Gasteiger partial charge in [0.2, 0.25) is 0 Å². The van der Waals surface area contributed by atoms with E-state index in [9.17, 15) is 4.79 Å². The van der Waals surface area contributed by atoms with Crippen LogP contribution in [0.25, 0.3) is 5.57 Å². The molecule has 0 spiro atoms. The van der Waals surface area contributed by atoms with Gasteiger partial charge in [-0.3, -0.25) is 10.2 Å². The zero-order chi connectivity index (χ0) is 15.8. The number of ether oxygens (including phenoxy) is 1. The molecule has 1 atom stereocenters. The number of hydrogen-bond acceptors (Lipinski definition) is 4. The third-order valence-electron chi connectivity index (χ3n) is 3.99. The van der Waals surface area contributed by atoms with Crippen molar-refractivity contribution in [2.75, 3.05) is 12.0 Å². The molecule has 21 heavy (non-hydrogen) atoms. The van der Waals surface area contributed by atoms with E-state index in [2.05, 4.69) is 37.2 Å². The van der Waals surface area contributed by atoms with E-state index in [0.717, 1.165) is 17.0 Å². The maximum Gasteiger partial charge on any atom is 0.256 e. The van der Waals surface area contributed by atoms with Crippen LogP contribution in [0.3, 0.4) is 0 Å². The second-order valence-electron chi connectivity index (χ2n) is 5.92. The lowest BCUT2D eigenvalue weighted by Gasteiger charge is -2.46. The van der Waals surface area contributed by atoms with Crippen molar-refractivity contribution in [2.45, 2.75) is 39.3 Å². The van der Waals surface area contributed by atoms with Gasteiger partial charge < -0.3 is 9.64 Å². The number of amides is 1. The average molecular weight is 289 g/mol. The monoisotopic (exact) mass is 289 g/mol. The second kappa shape index (κ2) is 5.41. The van der Waals surface area contributed by atoms with Crippen LogP contribution < -0.4 is 20.9 Å². The number of anilines is 1. The quantitative estimate of drug-likeness (QED) is 0.508. The van der Waals surface area contributed by atoms with E-state index in [-0.39, 0.29) is 17.5 Å². The highest BCUT2D eigenvalue weighted by molar-refractivity contribution is 5.89. The van der Waals surface area contributed by atoms with E-state index in [1.165, 1.54) is 5.57 Å². The molecule has 0 aromatic heterocycles. The third kappa shape index (κ3) is 2.61. The Morgan fingerprint density at radius 2 is 2.10 bits per heavy atom. The number of allylic oxidation sites excluding steroid dienone is 1. The molecule has 0 aliphatic carbocycles. The van der Waals surface area contributed by atoms with E-state index in [0.29, 0.717) is 0 Å². The Morgan fingerprint density at radius 3 is 2.67 bits per heavy atom. The molecule has 0 saturated heterocycles. The number of benzene rings is 1. The predicted octanol–water partition coefficient (Wildman–Crippen LogP) is 2.08. The number of hydrogen-bond donors (Lipinski definition) is 2. The summed E-state index contributed by atoms with van der Waals surface area (Å²) in [7, 11) is 1.65. The summed E-state index contributed by atoms with van der Waals surface area (Å²) < 4.78 is 5.30. The molecule has 1 amide bonds. The Kier molecular flexibility index (Phi) is 3.96. The number of nitrogens with zero attached hydrogens (tertiary/aromatic N) is 1. The molecule has 0 fully saturated rings. The SMILES string of the molecule is COc1ccc2c(c1)C(C)=CC(C)(C)N2C(C)C(=O)NN. The number of rotatable bonds is 3. The molecule has 1 aliphatic heterocycles. The van der Waals surface area contributed by atoms with Crippen molar-refractivity contribution >= 4 is 17.2 Å². The summed E-state index contributed by atoms with van der Waals surface area (Å²) in [6.07, 6.45) is 2.16. The molecule has 114 valence electrons. The summed E-state index contributed by atoms with van der Waals surface area (Å²) in [5.41, 5.74) is 5.22. The first-order chi connectivity index (χ1) is 9.81. The summed E-state index contributed by atoms with van der Waals surface area (Å²) >= 11 is 0. The van der Waals surface area contributed by atoms with Crippen LogP contribution in [-0.4, -0.2) is 24.6 Å². The molecule has 1 aliphatic rings. The summed E-state index contributed by atoms with van der Waals surface area (Å²) in [5.74, 6) is 5.89. The number of carbonyl (C=O) groups excluding carboxylic acids is 1. The predicted molar refractivity (Wildman–Crippen MR) is 85.0 cm³/mol. The fourth-order valence-corrected chi connectivity index (χ4v) is 3.10. The molecule has 1 heterocycles. The van der Waals surface area contributed by atoms with Gasteiger partial charge in [0.15, 0.2) is 0 Å². The molecule has 1 aromatic rings. The molecule has 5 nitrogen and oxygen atoms in total. The summed E-state index contributed by atoms with van der Waals surface area (Å²) in [6.45, 7) is 8.10. The van der Waals surface area contributed by atoms with Crippen LogP contribution in [0.1, 0.15) is 33.3 Å². The van der Waals surface area contributed by atoms with Crippen molar-refractivity contribution in [2.24, 2.45) is 5.84 Å². The first kappa shape index (κ1) is 15.4. The number of methoxy groups -OCH3 is 1. The van der Waals surface area contributed by atoms with E-state index in [4.69, 9.17) is 10.6 Å². The number of fused-ring (bicyclic) bond motifs is 1. The number of hydrazine groups is 1. The van der Waals surface area contributed by atoms with Gasteiger partial charge in [-0.25, -0.2) is 5.84 Å². The largest absolute Gasteiger partial charge is 0.497 e. The van der Waals surface area contributed by atoms with E-state index in [1.54, 1.807) is 7.11 Å². The highest BCUT2D eigenvalue weighted by Crippen LogP contribution is 2.41. The van der Waals surface area contributed by atoms with Crippen molar-refractivity contribution < 1.29 is 9.53 Å². The highest BCUT2D eigenvalue weighted by atomic mass is 16.5. The molecule has 0 bridgehead atoms. The van der Waals surface area contributed by atoms with E-state index in [1.807, 2.05) is 25.1 Å². The highest BCUT2D eigenvalue weighted by Gasteiger charge is 2.37. The number of nitrogens with one attached hydrogen (secondary N) is 1. The van der Waals surface area contributed by atoms with Gasteiger partial charge in [0, 0.05) is 11.3 Å². The minimum Gasteiger partial charge on any atom is -0.497 e. The molecule has 1 aromatic carbocycles. The van der Waals surface area contributed by atoms with Crippen LogP contribution in [0.15, 0.2) is 24.3 Å². The minimum absolute atomic E-state index is 0.210. The van der Waals surface area contributed by atoms with Crippen molar-refractivity contribution in [3.8, 4) is 5.75 Å². The molecule has 2 rings (SSSR count). The Balaban J connectivity index is 2.58. The summed E-state index contributed by atoms with van der Waals surface area (Å²) in [5, 5.41) is 0. The van der Waals surface area contributed by atoms with Gasteiger partial charge in [-0.05, 0) is 51.5 Å². The fourth-order valence-electron chi connectivity index (χ4n) is 3.10. The first-order valence-corrected chi connectivity index (χ1v) is 6.99. The fraction of sp³-hybridized carbons (Fsp3) is 0.438. The Labute approximate surface area is 125 Å². The zero-order valence-corrected chi connectivity index (χ0v) is 13.2. The van der Waals surface area contributed by atoms with Crippen molar-refractivity contribution in [3.63, 3.8) is 0 Å². The lowest BCUT2D eigenvalue weighted by molar-refractivity contribution is -0.122. The van der Waals surface area contributed by atoms with Crippen LogP contribution in [0.2, 0.25) is 0 Å². The average Bonchev–Trinajstić information content (AvgIpc) is 2.44. The molecule has 3 N–H and O–H groups in total. The van der Waals surface area contributed by atoms with Gasteiger partial charge in [-0.1, -0.05) is 6.08 Å². The molecule has 0 saturated carbocycles. The van der Waals surface area contributed by atoms with E-state index < -0.39 is 0 Å².